The molecule has 0 aliphatic rings. The molecule has 1 rings (SSSR count). The van der Waals surface area contributed by atoms with Crippen LogP contribution in [0.1, 0.15) is 19.4 Å². The fraction of sp³-hybridized carbons (Fsp3) is 0.667. The SMILES string of the molecule is CC(C)CNCc1cc(Br)cnc1N(C)CCN(C)C. The summed E-state index contributed by atoms with van der Waals surface area (Å²) in [7, 11) is 6.29. The molecule has 1 heterocycles. The second-order valence-electron chi connectivity index (χ2n) is 5.89. The number of nitrogens with zero attached hydrogens (tertiary/aromatic N) is 3. The Kier molecular flexibility index (Phi) is 7.48. The van der Waals surface area contributed by atoms with E-state index in [1.807, 2.05) is 6.20 Å². The topological polar surface area (TPSA) is 31.4 Å². The van der Waals surface area contributed by atoms with Gasteiger partial charge in [0.25, 0.3) is 0 Å². The Morgan fingerprint density at radius 3 is 2.55 bits per heavy atom. The van der Waals surface area contributed by atoms with Gasteiger partial charge in [-0.2, -0.15) is 0 Å². The molecule has 0 atom stereocenters. The lowest BCUT2D eigenvalue weighted by Gasteiger charge is -2.23. The second kappa shape index (κ2) is 8.60. The summed E-state index contributed by atoms with van der Waals surface area (Å²) in [5.41, 5.74) is 1.24. The maximum absolute atomic E-state index is 4.57. The number of anilines is 1. The van der Waals surface area contributed by atoms with Gasteiger partial charge in [0.15, 0.2) is 0 Å². The van der Waals surface area contributed by atoms with Crippen LogP contribution >= 0.6 is 15.9 Å². The molecular weight excluding hydrogens is 316 g/mol. The first-order chi connectivity index (χ1) is 9.40. The molecule has 0 aliphatic carbocycles. The van der Waals surface area contributed by atoms with Crippen molar-refractivity contribution in [2.45, 2.75) is 20.4 Å². The van der Waals surface area contributed by atoms with E-state index in [0.717, 1.165) is 36.5 Å². The maximum atomic E-state index is 4.57. The zero-order chi connectivity index (χ0) is 15.1. The average molecular weight is 343 g/mol. The summed E-state index contributed by atoms with van der Waals surface area (Å²) in [5, 5.41) is 3.49. The first kappa shape index (κ1) is 17.4. The third-order valence-corrected chi connectivity index (χ3v) is 3.46. The number of halogens is 1. The minimum atomic E-state index is 0.657. The van der Waals surface area contributed by atoms with Crippen molar-refractivity contribution in [2.75, 3.05) is 45.7 Å². The van der Waals surface area contributed by atoms with Gasteiger partial charge in [0.2, 0.25) is 0 Å². The van der Waals surface area contributed by atoms with Crippen molar-refractivity contribution in [2.24, 2.45) is 5.92 Å². The van der Waals surface area contributed by atoms with Crippen LogP contribution < -0.4 is 10.2 Å². The molecule has 1 aromatic rings. The monoisotopic (exact) mass is 342 g/mol. The van der Waals surface area contributed by atoms with E-state index in [9.17, 15) is 0 Å². The van der Waals surface area contributed by atoms with E-state index < -0.39 is 0 Å². The van der Waals surface area contributed by atoms with Crippen LogP contribution in [0.2, 0.25) is 0 Å². The molecular formula is C15H27BrN4. The number of likely N-dealkylation sites (N-methyl/N-ethyl adjacent to an activating group) is 2. The van der Waals surface area contributed by atoms with Gasteiger partial charge in [0.05, 0.1) is 0 Å². The lowest BCUT2D eigenvalue weighted by atomic mass is 10.2. The molecule has 0 radical (unpaired) electrons. The van der Waals surface area contributed by atoms with Crippen molar-refractivity contribution < 1.29 is 0 Å². The van der Waals surface area contributed by atoms with Crippen LogP contribution in [0.15, 0.2) is 16.7 Å². The first-order valence-corrected chi connectivity index (χ1v) is 7.90. The summed E-state index contributed by atoms with van der Waals surface area (Å²) in [5.74, 6) is 1.72. The predicted molar refractivity (Wildman–Crippen MR) is 90.3 cm³/mol. The zero-order valence-corrected chi connectivity index (χ0v) is 14.9. The van der Waals surface area contributed by atoms with Crippen LogP contribution in [-0.4, -0.2) is 50.7 Å². The maximum Gasteiger partial charge on any atom is 0.132 e. The van der Waals surface area contributed by atoms with E-state index in [1.165, 1.54) is 5.56 Å². The van der Waals surface area contributed by atoms with E-state index in [1.54, 1.807) is 0 Å². The molecule has 0 unspecified atom stereocenters. The van der Waals surface area contributed by atoms with Crippen molar-refractivity contribution in [3.05, 3.63) is 22.3 Å². The summed E-state index contributed by atoms with van der Waals surface area (Å²) in [6.07, 6.45) is 1.87. The summed E-state index contributed by atoms with van der Waals surface area (Å²) < 4.78 is 1.03. The van der Waals surface area contributed by atoms with Gasteiger partial charge in [-0.15, -0.1) is 0 Å². The van der Waals surface area contributed by atoms with Crippen LogP contribution in [0.5, 0.6) is 0 Å². The molecule has 114 valence electrons. The van der Waals surface area contributed by atoms with E-state index in [4.69, 9.17) is 0 Å². The molecule has 0 bridgehead atoms. The van der Waals surface area contributed by atoms with Gasteiger partial charge in [0, 0.05) is 42.9 Å². The molecule has 4 nitrogen and oxygen atoms in total. The van der Waals surface area contributed by atoms with Crippen LogP contribution in [0.4, 0.5) is 5.82 Å². The standard InChI is InChI=1S/C15H27BrN4/c1-12(2)9-17-10-13-8-14(16)11-18-15(13)20(5)7-6-19(3)4/h8,11-12,17H,6-7,9-10H2,1-5H3. The number of hydrogen-bond donors (Lipinski definition) is 1. The average Bonchev–Trinajstić information content (AvgIpc) is 2.35. The molecule has 0 saturated heterocycles. The summed E-state index contributed by atoms with van der Waals surface area (Å²) in [6, 6.07) is 2.15. The Balaban J connectivity index is 2.73. The van der Waals surface area contributed by atoms with E-state index >= 15 is 0 Å². The molecule has 20 heavy (non-hydrogen) atoms. The third-order valence-electron chi connectivity index (χ3n) is 3.02. The summed E-state index contributed by atoms with van der Waals surface area (Å²) in [6.45, 7) is 8.30. The molecule has 0 fully saturated rings. The highest BCUT2D eigenvalue weighted by Gasteiger charge is 2.10. The van der Waals surface area contributed by atoms with Crippen molar-refractivity contribution in [3.63, 3.8) is 0 Å². The highest BCUT2D eigenvalue weighted by molar-refractivity contribution is 9.10. The molecule has 0 spiro atoms. The van der Waals surface area contributed by atoms with Crippen LogP contribution in [0, 0.1) is 5.92 Å². The largest absolute Gasteiger partial charge is 0.358 e. The highest BCUT2D eigenvalue weighted by atomic mass is 79.9. The molecule has 0 aliphatic heterocycles. The lowest BCUT2D eigenvalue weighted by molar-refractivity contribution is 0.416. The number of aromatic nitrogens is 1. The second-order valence-corrected chi connectivity index (χ2v) is 6.80. The number of pyridine rings is 1. The van der Waals surface area contributed by atoms with Crippen molar-refractivity contribution in [1.82, 2.24) is 15.2 Å². The Bertz CT molecular complexity index is 407. The van der Waals surface area contributed by atoms with Crippen molar-refractivity contribution in [1.29, 1.82) is 0 Å². The van der Waals surface area contributed by atoms with Crippen LogP contribution in [0.25, 0.3) is 0 Å². The third kappa shape index (κ3) is 6.20. The van der Waals surface area contributed by atoms with Gasteiger partial charge in [-0.3, -0.25) is 0 Å². The summed E-state index contributed by atoms with van der Waals surface area (Å²) >= 11 is 3.51. The molecule has 1 N–H and O–H groups in total. The van der Waals surface area contributed by atoms with Gasteiger partial charge in [-0.05, 0) is 48.6 Å². The van der Waals surface area contributed by atoms with E-state index in [0.29, 0.717) is 5.92 Å². The van der Waals surface area contributed by atoms with Crippen molar-refractivity contribution in [3.8, 4) is 0 Å². The van der Waals surface area contributed by atoms with Gasteiger partial charge >= 0.3 is 0 Å². The quantitative estimate of drug-likeness (QED) is 0.786. The summed E-state index contributed by atoms with van der Waals surface area (Å²) in [4.78, 5) is 8.98. The van der Waals surface area contributed by atoms with Crippen molar-refractivity contribution >= 4 is 21.7 Å². The van der Waals surface area contributed by atoms with Crippen LogP contribution in [0.3, 0.4) is 0 Å². The minimum Gasteiger partial charge on any atom is -0.358 e. The molecule has 0 amide bonds. The molecule has 5 heteroatoms. The van der Waals surface area contributed by atoms with Gasteiger partial charge < -0.3 is 15.1 Å². The van der Waals surface area contributed by atoms with Gasteiger partial charge in [0.1, 0.15) is 5.82 Å². The smallest absolute Gasteiger partial charge is 0.132 e. The number of hydrogen-bond acceptors (Lipinski definition) is 4. The van der Waals surface area contributed by atoms with E-state index in [2.05, 4.69) is 77.1 Å². The molecule has 0 saturated carbocycles. The number of nitrogens with one attached hydrogen (secondary N) is 1. The lowest BCUT2D eigenvalue weighted by Crippen LogP contribution is -2.30. The fourth-order valence-electron chi connectivity index (χ4n) is 1.90. The van der Waals surface area contributed by atoms with Gasteiger partial charge in [-0.25, -0.2) is 4.98 Å². The Hall–Kier alpha value is -0.650. The predicted octanol–water partition coefficient (Wildman–Crippen LogP) is 2.59. The zero-order valence-electron chi connectivity index (χ0n) is 13.3. The highest BCUT2D eigenvalue weighted by Crippen LogP contribution is 2.20. The molecule has 1 aromatic heterocycles. The Morgan fingerprint density at radius 2 is 1.95 bits per heavy atom. The number of rotatable bonds is 8. The first-order valence-electron chi connectivity index (χ1n) is 7.11. The Labute approximate surface area is 131 Å². The normalized spacial score (nSPS) is 11.4. The minimum absolute atomic E-state index is 0.657. The Morgan fingerprint density at radius 1 is 1.25 bits per heavy atom. The van der Waals surface area contributed by atoms with Gasteiger partial charge in [-0.1, -0.05) is 13.8 Å². The van der Waals surface area contributed by atoms with E-state index in [-0.39, 0.29) is 0 Å². The van der Waals surface area contributed by atoms with Crippen LogP contribution in [-0.2, 0) is 6.54 Å². The molecule has 0 aromatic carbocycles. The fourth-order valence-corrected chi connectivity index (χ4v) is 2.28.